The van der Waals surface area contributed by atoms with Crippen LogP contribution in [0.5, 0.6) is 0 Å². The molecule has 3 heterocycles. The molecule has 4 rings (SSSR count). The molecule has 1 unspecified atom stereocenters. The number of carbonyl (C=O) groups excluding carboxylic acids is 1. The third-order valence-corrected chi connectivity index (χ3v) is 6.13. The largest absolute Gasteiger partial charge is 0.416 e. The Bertz CT molecular complexity index is 1050. The molecule has 2 aromatic rings. The summed E-state index contributed by atoms with van der Waals surface area (Å²) >= 11 is 6.10. The number of hydrogen-bond donors (Lipinski definition) is 2. The third kappa shape index (κ3) is 4.61. The van der Waals surface area contributed by atoms with Crippen molar-refractivity contribution in [1.29, 1.82) is 0 Å². The van der Waals surface area contributed by atoms with Gasteiger partial charge in [0.15, 0.2) is 0 Å². The van der Waals surface area contributed by atoms with E-state index in [0.29, 0.717) is 30.2 Å². The van der Waals surface area contributed by atoms with Gasteiger partial charge >= 0.3 is 6.18 Å². The number of likely N-dealkylation sites (tertiary alicyclic amines) is 1. The van der Waals surface area contributed by atoms with E-state index < -0.39 is 17.8 Å². The molecule has 1 saturated heterocycles. The van der Waals surface area contributed by atoms with Crippen LogP contribution in [0, 0.1) is 5.92 Å². The molecule has 172 valence electrons. The number of rotatable bonds is 4. The van der Waals surface area contributed by atoms with E-state index in [4.69, 9.17) is 17.3 Å². The molecule has 32 heavy (non-hydrogen) atoms. The standard InChI is InChI=1S/C21H24ClF3N6O/c1-11(13-5-14(21(23,24)25)7-15(26)6-13)27-18-16-9-31(10-17(16)28-20(22)29-18)19(32)12-3-4-30(2)8-12/h5-7,11-12H,3-4,8-10,26H2,1-2H3,(H,27,28,29)/t11-,12?/m1/s1. The number of amides is 1. The van der Waals surface area contributed by atoms with Gasteiger partial charge in [-0.05, 0) is 62.3 Å². The average molecular weight is 469 g/mol. The number of nitrogens with one attached hydrogen (secondary N) is 1. The van der Waals surface area contributed by atoms with E-state index in [1.165, 1.54) is 6.07 Å². The molecular weight excluding hydrogens is 445 g/mol. The summed E-state index contributed by atoms with van der Waals surface area (Å²) < 4.78 is 39.6. The van der Waals surface area contributed by atoms with E-state index in [2.05, 4.69) is 20.2 Å². The highest BCUT2D eigenvalue weighted by Gasteiger charge is 2.35. The maximum absolute atomic E-state index is 13.2. The van der Waals surface area contributed by atoms with E-state index in [9.17, 15) is 18.0 Å². The Balaban J connectivity index is 1.56. The predicted octanol–water partition coefficient (Wildman–Crippen LogP) is 3.70. The van der Waals surface area contributed by atoms with Crippen molar-refractivity contribution >= 4 is 29.0 Å². The van der Waals surface area contributed by atoms with Crippen molar-refractivity contribution in [3.63, 3.8) is 0 Å². The number of hydrogen-bond acceptors (Lipinski definition) is 6. The van der Waals surface area contributed by atoms with Crippen molar-refractivity contribution in [3.05, 3.63) is 45.9 Å². The first-order valence-corrected chi connectivity index (χ1v) is 10.7. The number of carbonyl (C=O) groups is 1. The van der Waals surface area contributed by atoms with Gasteiger partial charge < -0.3 is 20.9 Å². The van der Waals surface area contributed by atoms with Gasteiger partial charge in [0.05, 0.1) is 36.3 Å². The fraction of sp³-hybridized carbons (Fsp3) is 0.476. The lowest BCUT2D eigenvalue weighted by molar-refractivity contribution is -0.137. The Labute approximate surface area is 188 Å². The van der Waals surface area contributed by atoms with Crippen LogP contribution in [0.25, 0.3) is 0 Å². The Hall–Kier alpha value is -2.59. The second-order valence-corrected chi connectivity index (χ2v) is 8.80. The summed E-state index contributed by atoms with van der Waals surface area (Å²) in [4.78, 5) is 25.3. The van der Waals surface area contributed by atoms with Crippen LogP contribution < -0.4 is 11.1 Å². The summed E-state index contributed by atoms with van der Waals surface area (Å²) in [5.41, 5.74) is 6.63. The molecule has 1 aromatic carbocycles. The second kappa shape index (κ2) is 8.40. The highest BCUT2D eigenvalue weighted by atomic mass is 35.5. The predicted molar refractivity (Wildman–Crippen MR) is 115 cm³/mol. The third-order valence-electron chi connectivity index (χ3n) is 5.97. The highest BCUT2D eigenvalue weighted by molar-refractivity contribution is 6.28. The van der Waals surface area contributed by atoms with E-state index in [1.807, 2.05) is 7.05 Å². The molecule has 0 radical (unpaired) electrons. The minimum Gasteiger partial charge on any atom is -0.399 e. The zero-order valence-electron chi connectivity index (χ0n) is 17.7. The molecule has 1 aromatic heterocycles. The first-order valence-electron chi connectivity index (χ1n) is 10.3. The van der Waals surface area contributed by atoms with E-state index in [-0.39, 0.29) is 22.8 Å². The highest BCUT2D eigenvalue weighted by Crippen LogP contribution is 2.35. The molecule has 2 atom stereocenters. The molecular formula is C21H24ClF3N6O. The first-order chi connectivity index (χ1) is 15.0. The van der Waals surface area contributed by atoms with Crippen LogP contribution in [0.2, 0.25) is 5.28 Å². The number of fused-ring (bicyclic) bond motifs is 1. The summed E-state index contributed by atoms with van der Waals surface area (Å²) in [6.07, 6.45) is -3.69. The number of benzene rings is 1. The summed E-state index contributed by atoms with van der Waals surface area (Å²) in [6, 6.07) is 2.91. The smallest absolute Gasteiger partial charge is 0.399 e. The van der Waals surface area contributed by atoms with Crippen LogP contribution in [0.3, 0.4) is 0 Å². The van der Waals surface area contributed by atoms with Crippen molar-refractivity contribution in [2.45, 2.75) is 38.7 Å². The number of anilines is 2. The van der Waals surface area contributed by atoms with Gasteiger partial charge in [0, 0.05) is 17.8 Å². The second-order valence-electron chi connectivity index (χ2n) is 8.46. The molecule has 7 nitrogen and oxygen atoms in total. The van der Waals surface area contributed by atoms with Crippen LogP contribution in [0.15, 0.2) is 18.2 Å². The molecule has 1 fully saturated rings. The van der Waals surface area contributed by atoms with Gasteiger partial charge in [0.1, 0.15) is 5.82 Å². The van der Waals surface area contributed by atoms with Crippen LogP contribution in [0.1, 0.15) is 41.8 Å². The van der Waals surface area contributed by atoms with E-state index >= 15 is 0 Å². The SMILES string of the molecule is C[C@@H](Nc1nc(Cl)nc2c1CN(C(=O)C1CCN(C)C1)C2)c1cc(N)cc(C(F)(F)F)c1. The number of alkyl halides is 3. The molecule has 2 aliphatic rings. The van der Waals surface area contributed by atoms with Crippen LogP contribution in [-0.2, 0) is 24.1 Å². The quantitative estimate of drug-likeness (QED) is 0.525. The topological polar surface area (TPSA) is 87.4 Å². The van der Waals surface area contributed by atoms with Crippen molar-refractivity contribution in [2.75, 3.05) is 31.2 Å². The lowest BCUT2D eigenvalue weighted by Crippen LogP contribution is -2.33. The van der Waals surface area contributed by atoms with Gasteiger partial charge in [0.25, 0.3) is 0 Å². The maximum atomic E-state index is 13.2. The summed E-state index contributed by atoms with van der Waals surface area (Å²) in [5, 5.41) is 3.15. The molecule has 3 N–H and O–H groups in total. The zero-order chi connectivity index (χ0) is 23.2. The molecule has 0 aliphatic carbocycles. The Morgan fingerprint density at radius 1 is 1.28 bits per heavy atom. The van der Waals surface area contributed by atoms with Gasteiger partial charge in [0.2, 0.25) is 11.2 Å². The molecule has 1 amide bonds. The van der Waals surface area contributed by atoms with E-state index in [1.54, 1.807) is 11.8 Å². The fourth-order valence-corrected chi connectivity index (χ4v) is 4.46. The average Bonchev–Trinajstić information content (AvgIpc) is 3.32. The van der Waals surface area contributed by atoms with Gasteiger partial charge in [-0.15, -0.1) is 0 Å². The monoisotopic (exact) mass is 468 g/mol. The van der Waals surface area contributed by atoms with Gasteiger partial charge in [-0.25, -0.2) is 9.97 Å². The summed E-state index contributed by atoms with van der Waals surface area (Å²) in [5.74, 6) is 0.414. The minimum atomic E-state index is -4.50. The Kier molecular flexibility index (Phi) is 5.93. The van der Waals surface area contributed by atoms with Crippen molar-refractivity contribution < 1.29 is 18.0 Å². The molecule has 2 aliphatic heterocycles. The molecule has 0 saturated carbocycles. The maximum Gasteiger partial charge on any atom is 0.416 e. The van der Waals surface area contributed by atoms with Crippen molar-refractivity contribution in [3.8, 4) is 0 Å². The fourth-order valence-electron chi connectivity index (χ4n) is 4.27. The number of nitrogen functional groups attached to an aromatic ring is 1. The van der Waals surface area contributed by atoms with E-state index in [0.717, 1.165) is 37.2 Å². The minimum absolute atomic E-state index is 0.0110. The summed E-state index contributed by atoms with van der Waals surface area (Å²) in [7, 11) is 1.99. The van der Waals surface area contributed by atoms with Gasteiger partial charge in [-0.1, -0.05) is 0 Å². The molecule has 11 heteroatoms. The summed E-state index contributed by atoms with van der Waals surface area (Å²) in [6.45, 7) is 3.97. The number of nitrogens with two attached hydrogens (primary N) is 1. The zero-order valence-corrected chi connectivity index (χ0v) is 18.5. The Morgan fingerprint density at radius 2 is 2.03 bits per heavy atom. The normalized spacial score (nSPS) is 19.8. The van der Waals surface area contributed by atoms with Gasteiger partial charge in [-0.3, -0.25) is 4.79 Å². The van der Waals surface area contributed by atoms with Gasteiger partial charge in [-0.2, -0.15) is 13.2 Å². The molecule has 0 bridgehead atoms. The Morgan fingerprint density at radius 3 is 2.69 bits per heavy atom. The lowest BCUT2D eigenvalue weighted by atomic mass is 10.0. The lowest BCUT2D eigenvalue weighted by Gasteiger charge is -2.20. The van der Waals surface area contributed by atoms with Crippen molar-refractivity contribution in [1.82, 2.24) is 19.8 Å². The van der Waals surface area contributed by atoms with Crippen LogP contribution in [-0.4, -0.2) is 45.8 Å². The van der Waals surface area contributed by atoms with Crippen molar-refractivity contribution in [2.24, 2.45) is 5.92 Å². The molecule has 0 spiro atoms. The first kappa shape index (κ1) is 22.6. The number of nitrogens with zero attached hydrogens (tertiary/aromatic N) is 4. The van der Waals surface area contributed by atoms with Crippen LogP contribution >= 0.6 is 11.6 Å². The van der Waals surface area contributed by atoms with Crippen LogP contribution in [0.4, 0.5) is 24.7 Å². The number of aromatic nitrogens is 2. The number of halogens is 4.